The third kappa shape index (κ3) is 2.89. The molecule has 100 valence electrons. The Morgan fingerprint density at radius 1 is 1.15 bits per heavy atom. The molecule has 1 unspecified atom stereocenters. The summed E-state index contributed by atoms with van der Waals surface area (Å²) < 4.78 is 0. The lowest BCUT2D eigenvalue weighted by Gasteiger charge is -2.10. The molecule has 0 amide bonds. The molecule has 0 aliphatic rings. The first-order valence-corrected chi connectivity index (χ1v) is 6.67. The van der Waals surface area contributed by atoms with E-state index in [9.17, 15) is 10.1 Å². The minimum Gasteiger partial charge on any atom is -0.292 e. The number of nitrogens with zero attached hydrogens (tertiary/aromatic N) is 1. The smallest absolute Gasteiger partial charge is 0.184 e. The number of rotatable bonds is 3. The lowest BCUT2D eigenvalue weighted by molar-refractivity contribution is 0.0979. The first kappa shape index (κ1) is 14.3. The average molecular weight is 284 g/mol. The van der Waals surface area contributed by atoms with Gasteiger partial charge in [-0.05, 0) is 48.7 Å². The van der Waals surface area contributed by atoms with Gasteiger partial charge >= 0.3 is 0 Å². The van der Waals surface area contributed by atoms with Crippen LogP contribution in [0, 0.1) is 25.2 Å². The lowest BCUT2D eigenvalue weighted by Crippen LogP contribution is -2.11. The van der Waals surface area contributed by atoms with E-state index in [4.69, 9.17) is 11.6 Å². The van der Waals surface area contributed by atoms with Gasteiger partial charge in [-0.3, -0.25) is 4.79 Å². The highest BCUT2D eigenvalue weighted by Gasteiger charge is 2.22. The van der Waals surface area contributed by atoms with Crippen molar-refractivity contribution in [2.45, 2.75) is 19.8 Å². The van der Waals surface area contributed by atoms with Crippen molar-refractivity contribution in [2.24, 2.45) is 0 Å². The molecule has 0 radical (unpaired) electrons. The van der Waals surface area contributed by atoms with Gasteiger partial charge in [0, 0.05) is 10.6 Å². The number of carbonyl (C=O) groups is 1. The summed E-state index contributed by atoms with van der Waals surface area (Å²) in [6, 6.07) is 14.4. The fraction of sp³-hybridized carbons (Fsp3) is 0.176. The fourth-order valence-electron chi connectivity index (χ4n) is 2.03. The summed E-state index contributed by atoms with van der Waals surface area (Å²) in [5.74, 6) is -1.02. The first-order chi connectivity index (χ1) is 9.52. The Labute approximate surface area is 123 Å². The number of benzene rings is 2. The van der Waals surface area contributed by atoms with E-state index in [-0.39, 0.29) is 5.78 Å². The fourth-order valence-corrected chi connectivity index (χ4v) is 2.23. The standard InChI is InChI=1S/C17H14ClNO/c1-11-6-7-14(8-12(11)2)17(20)16(10-19)13-4-3-5-15(18)9-13/h3-9,16H,1-2H3. The van der Waals surface area contributed by atoms with Crippen LogP contribution in [0.2, 0.25) is 5.02 Å². The van der Waals surface area contributed by atoms with E-state index in [0.717, 1.165) is 11.1 Å². The monoisotopic (exact) mass is 283 g/mol. The lowest BCUT2D eigenvalue weighted by atomic mass is 9.90. The minimum absolute atomic E-state index is 0.196. The third-order valence-electron chi connectivity index (χ3n) is 3.36. The molecular formula is C17H14ClNO. The van der Waals surface area contributed by atoms with Crippen LogP contribution in [0.4, 0.5) is 0 Å². The predicted molar refractivity (Wildman–Crippen MR) is 80.1 cm³/mol. The summed E-state index contributed by atoms with van der Waals surface area (Å²) in [4.78, 5) is 12.5. The number of ketones is 1. The first-order valence-electron chi connectivity index (χ1n) is 6.29. The molecule has 20 heavy (non-hydrogen) atoms. The van der Waals surface area contributed by atoms with Crippen molar-refractivity contribution in [3.8, 4) is 6.07 Å². The van der Waals surface area contributed by atoms with E-state index in [1.165, 1.54) is 0 Å². The van der Waals surface area contributed by atoms with Gasteiger partial charge in [0.1, 0.15) is 5.92 Å². The molecule has 2 rings (SSSR count). The molecule has 0 fully saturated rings. The summed E-state index contributed by atoms with van der Waals surface area (Å²) in [6.07, 6.45) is 0. The van der Waals surface area contributed by atoms with Gasteiger partial charge < -0.3 is 0 Å². The SMILES string of the molecule is Cc1ccc(C(=O)C(C#N)c2cccc(Cl)c2)cc1C. The summed E-state index contributed by atoms with van der Waals surface area (Å²) >= 11 is 5.92. The maximum atomic E-state index is 12.5. The molecule has 0 N–H and O–H groups in total. The molecule has 0 saturated heterocycles. The van der Waals surface area contributed by atoms with E-state index in [0.29, 0.717) is 16.1 Å². The van der Waals surface area contributed by atoms with Crippen molar-refractivity contribution >= 4 is 17.4 Å². The molecule has 0 heterocycles. The van der Waals surface area contributed by atoms with E-state index < -0.39 is 5.92 Å². The number of hydrogen-bond acceptors (Lipinski definition) is 2. The molecular weight excluding hydrogens is 270 g/mol. The largest absolute Gasteiger partial charge is 0.292 e. The Balaban J connectivity index is 2.39. The molecule has 0 spiro atoms. The van der Waals surface area contributed by atoms with Crippen molar-refractivity contribution in [3.63, 3.8) is 0 Å². The highest BCUT2D eigenvalue weighted by molar-refractivity contribution is 6.30. The Kier molecular flexibility index (Phi) is 4.22. The summed E-state index contributed by atoms with van der Waals surface area (Å²) in [7, 11) is 0. The number of Topliss-reactive ketones (excluding diaryl/α,β-unsaturated/α-hetero) is 1. The molecule has 0 saturated carbocycles. The summed E-state index contributed by atoms with van der Waals surface area (Å²) in [6.45, 7) is 3.94. The quantitative estimate of drug-likeness (QED) is 0.781. The number of hydrogen-bond donors (Lipinski definition) is 0. The molecule has 0 aromatic heterocycles. The Morgan fingerprint density at radius 3 is 2.50 bits per heavy atom. The second kappa shape index (κ2) is 5.90. The zero-order chi connectivity index (χ0) is 14.7. The number of halogens is 1. The maximum absolute atomic E-state index is 12.5. The van der Waals surface area contributed by atoms with Gasteiger partial charge in [-0.2, -0.15) is 5.26 Å². The molecule has 2 aromatic rings. The predicted octanol–water partition coefficient (Wildman–Crippen LogP) is 4.45. The van der Waals surface area contributed by atoms with Gasteiger partial charge in [0.25, 0.3) is 0 Å². The van der Waals surface area contributed by atoms with Gasteiger partial charge in [-0.15, -0.1) is 0 Å². The van der Waals surface area contributed by atoms with Gasteiger partial charge in [0.15, 0.2) is 5.78 Å². The Morgan fingerprint density at radius 2 is 1.90 bits per heavy atom. The summed E-state index contributed by atoms with van der Waals surface area (Å²) in [5, 5.41) is 9.84. The van der Waals surface area contributed by atoms with Crippen molar-refractivity contribution in [1.82, 2.24) is 0 Å². The molecule has 3 heteroatoms. The van der Waals surface area contributed by atoms with Crippen molar-refractivity contribution < 1.29 is 4.79 Å². The van der Waals surface area contributed by atoms with Crippen molar-refractivity contribution in [2.75, 3.05) is 0 Å². The van der Waals surface area contributed by atoms with E-state index >= 15 is 0 Å². The number of aryl methyl sites for hydroxylation is 2. The van der Waals surface area contributed by atoms with E-state index in [1.54, 1.807) is 30.3 Å². The van der Waals surface area contributed by atoms with Crippen LogP contribution in [0.15, 0.2) is 42.5 Å². The second-order valence-corrected chi connectivity index (χ2v) is 5.22. The van der Waals surface area contributed by atoms with Crippen molar-refractivity contribution in [3.05, 3.63) is 69.7 Å². The molecule has 0 aliphatic heterocycles. The molecule has 1 atom stereocenters. The third-order valence-corrected chi connectivity index (χ3v) is 3.60. The minimum atomic E-state index is -0.823. The van der Waals surface area contributed by atoms with Crippen LogP contribution in [-0.2, 0) is 0 Å². The highest BCUT2D eigenvalue weighted by Crippen LogP contribution is 2.24. The molecule has 2 nitrogen and oxygen atoms in total. The zero-order valence-electron chi connectivity index (χ0n) is 11.4. The zero-order valence-corrected chi connectivity index (χ0v) is 12.1. The van der Waals surface area contributed by atoms with Crippen LogP contribution in [0.3, 0.4) is 0 Å². The topological polar surface area (TPSA) is 40.9 Å². The average Bonchev–Trinajstić information content (AvgIpc) is 2.42. The highest BCUT2D eigenvalue weighted by atomic mass is 35.5. The molecule has 2 aromatic carbocycles. The number of carbonyl (C=O) groups excluding carboxylic acids is 1. The van der Waals surface area contributed by atoms with Gasteiger partial charge in [0.05, 0.1) is 6.07 Å². The molecule has 0 bridgehead atoms. The van der Waals surface area contributed by atoms with Crippen molar-refractivity contribution in [1.29, 1.82) is 5.26 Å². The van der Waals surface area contributed by atoms with Gasteiger partial charge in [-0.25, -0.2) is 0 Å². The normalized spacial score (nSPS) is 11.7. The van der Waals surface area contributed by atoms with E-state index in [2.05, 4.69) is 6.07 Å². The van der Waals surface area contributed by atoms with Crippen LogP contribution < -0.4 is 0 Å². The maximum Gasteiger partial charge on any atom is 0.184 e. The second-order valence-electron chi connectivity index (χ2n) is 4.78. The van der Waals surface area contributed by atoms with Crippen LogP contribution in [-0.4, -0.2) is 5.78 Å². The Bertz CT molecular complexity index is 700. The summed E-state index contributed by atoms with van der Waals surface area (Å²) in [5.41, 5.74) is 3.35. The molecule has 0 aliphatic carbocycles. The van der Waals surface area contributed by atoms with Crippen LogP contribution in [0.5, 0.6) is 0 Å². The van der Waals surface area contributed by atoms with Gasteiger partial charge in [0.2, 0.25) is 0 Å². The van der Waals surface area contributed by atoms with Crippen LogP contribution in [0.25, 0.3) is 0 Å². The van der Waals surface area contributed by atoms with Crippen LogP contribution in [0.1, 0.15) is 33.0 Å². The number of nitriles is 1. The Hall–Kier alpha value is -2.11. The van der Waals surface area contributed by atoms with E-state index in [1.807, 2.05) is 26.0 Å². The van der Waals surface area contributed by atoms with Gasteiger partial charge in [-0.1, -0.05) is 35.9 Å². The van der Waals surface area contributed by atoms with Crippen LogP contribution >= 0.6 is 11.6 Å².